The summed E-state index contributed by atoms with van der Waals surface area (Å²) in [5, 5.41) is 4.17. The minimum atomic E-state index is -4.87. The van der Waals surface area contributed by atoms with Gasteiger partial charge in [-0.3, -0.25) is 15.6 Å². The van der Waals surface area contributed by atoms with Gasteiger partial charge in [-0.2, -0.15) is 0 Å². The quantitative estimate of drug-likeness (QED) is 0.174. The van der Waals surface area contributed by atoms with Crippen molar-refractivity contribution in [2.75, 3.05) is 5.32 Å². The van der Waals surface area contributed by atoms with E-state index in [9.17, 15) is 18.0 Å². The summed E-state index contributed by atoms with van der Waals surface area (Å²) >= 11 is 5.14. The largest absolute Gasteiger partial charge is 0.573 e. The normalized spacial score (nSPS) is 11.3. The van der Waals surface area contributed by atoms with Crippen molar-refractivity contribution >= 4 is 50.7 Å². The molecule has 0 aliphatic heterocycles. The Morgan fingerprint density at radius 1 is 0.892 bits per heavy atom. The van der Waals surface area contributed by atoms with Crippen LogP contribution in [0.25, 0.3) is 33.1 Å². The number of carbonyl (C=O) groups is 1. The molecule has 0 radical (unpaired) electrons. The minimum Gasteiger partial charge on any atom is -0.404 e. The van der Waals surface area contributed by atoms with Gasteiger partial charge in [0, 0.05) is 21.9 Å². The first kappa shape index (κ1) is 24.1. The number of hydrogen-bond donors (Lipinski definition) is 4. The van der Waals surface area contributed by atoms with Crippen LogP contribution in [0.4, 0.5) is 18.9 Å². The highest BCUT2D eigenvalue weighted by molar-refractivity contribution is 7.80. The van der Waals surface area contributed by atoms with Crippen molar-refractivity contribution in [1.29, 1.82) is 0 Å². The smallest absolute Gasteiger partial charge is 0.404 e. The number of hydrazine groups is 1. The monoisotopic (exact) mass is 521 g/mol. The molecule has 0 fully saturated rings. The van der Waals surface area contributed by atoms with Crippen molar-refractivity contribution in [3.8, 4) is 17.0 Å². The number of halogens is 3. The van der Waals surface area contributed by atoms with E-state index in [0.29, 0.717) is 5.69 Å². The fourth-order valence-electron chi connectivity index (χ4n) is 3.88. The van der Waals surface area contributed by atoms with Crippen molar-refractivity contribution in [2.45, 2.75) is 6.36 Å². The first-order chi connectivity index (χ1) is 17.8. The molecule has 0 atom stereocenters. The number of aromatic nitrogens is 2. The zero-order valence-corrected chi connectivity index (χ0v) is 19.7. The molecule has 4 N–H and O–H groups in total. The highest BCUT2D eigenvalue weighted by Gasteiger charge is 2.32. The lowest BCUT2D eigenvalue weighted by molar-refractivity contribution is -0.274. The molecule has 3 aromatic carbocycles. The van der Waals surface area contributed by atoms with Gasteiger partial charge in [-0.1, -0.05) is 60.7 Å². The Morgan fingerprint density at radius 3 is 2.38 bits per heavy atom. The van der Waals surface area contributed by atoms with Crippen LogP contribution in [0.15, 0.2) is 84.9 Å². The first-order valence-corrected chi connectivity index (χ1v) is 11.4. The Balaban J connectivity index is 1.39. The maximum absolute atomic E-state index is 13.0. The molecule has 5 aromatic rings. The summed E-state index contributed by atoms with van der Waals surface area (Å²) in [7, 11) is 0. The number of alkyl halides is 3. The van der Waals surface area contributed by atoms with Crippen molar-refractivity contribution < 1.29 is 22.7 Å². The van der Waals surface area contributed by atoms with E-state index in [1.54, 1.807) is 6.07 Å². The molecule has 0 aliphatic rings. The summed E-state index contributed by atoms with van der Waals surface area (Å²) in [5.74, 6) is -1.06. The van der Waals surface area contributed by atoms with E-state index in [1.165, 1.54) is 18.2 Å². The van der Waals surface area contributed by atoms with E-state index in [-0.39, 0.29) is 16.5 Å². The Morgan fingerprint density at radius 2 is 1.59 bits per heavy atom. The number of H-pyrrole nitrogens is 1. The van der Waals surface area contributed by atoms with E-state index in [4.69, 9.17) is 12.2 Å². The summed E-state index contributed by atoms with van der Waals surface area (Å²) in [4.78, 5) is 21.0. The fraction of sp³-hybridized carbons (Fsp3) is 0.0385. The highest BCUT2D eigenvalue weighted by atomic mass is 32.1. The molecular formula is C26H18F3N5O2S. The average Bonchev–Trinajstić information content (AvgIpc) is 3.26. The lowest BCUT2D eigenvalue weighted by Crippen LogP contribution is -2.44. The number of aromatic amines is 1. The molecule has 0 unspecified atom stereocenters. The van der Waals surface area contributed by atoms with Crippen LogP contribution < -0.4 is 20.9 Å². The van der Waals surface area contributed by atoms with Crippen molar-refractivity contribution in [3.05, 3.63) is 90.6 Å². The Labute approximate surface area is 213 Å². The lowest BCUT2D eigenvalue weighted by atomic mass is 10.1. The number of ether oxygens (including phenoxy) is 1. The van der Waals surface area contributed by atoms with Crippen LogP contribution in [-0.4, -0.2) is 27.3 Å². The van der Waals surface area contributed by atoms with Gasteiger partial charge in [0.05, 0.1) is 16.9 Å². The SMILES string of the molecule is O=C(NNC(=S)Nc1ccccc1OC(F)(F)F)c1cc2c([nH]c3ccccc32)c(-c2ccccc2)n1. The molecule has 37 heavy (non-hydrogen) atoms. The standard InChI is InChI=1S/C26H18F3N5O2S/c27-26(28,29)36-21-13-7-6-12-19(21)32-25(37)34-33-24(35)20-14-17-16-10-4-5-11-18(16)30-23(17)22(31-20)15-8-2-1-3-9-15/h1-14,30H,(H,33,35)(H2,32,34,37). The molecule has 7 nitrogen and oxygen atoms in total. The zero-order chi connectivity index (χ0) is 26.0. The molecule has 5 rings (SSSR count). The molecule has 0 aliphatic carbocycles. The molecule has 1 amide bonds. The van der Waals surface area contributed by atoms with Gasteiger partial charge in [0.25, 0.3) is 5.91 Å². The number of benzene rings is 3. The van der Waals surface area contributed by atoms with E-state index < -0.39 is 18.0 Å². The number of carbonyl (C=O) groups excluding carboxylic acids is 1. The Kier molecular flexibility index (Phi) is 6.36. The van der Waals surface area contributed by atoms with Crippen LogP contribution >= 0.6 is 12.2 Å². The van der Waals surface area contributed by atoms with Crippen LogP contribution in [0, 0.1) is 0 Å². The first-order valence-electron chi connectivity index (χ1n) is 11.0. The number of nitrogens with zero attached hydrogens (tertiary/aromatic N) is 1. The predicted molar refractivity (Wildman–Crippen MR) is 139 cm³/mol. The van der Waals surface area contributed by atoms with Gasteiger partial charge >= 0.3 is 6.36 Å². The van der Waals surface area contributed by atoms with Crippen LogP contribution in [0.3, 0.4) is 0 Å². The summed E-state index contributed by atoms with van der Waals surface area (Å²) in [6.45, 7) is 0. The maximum Gasteiger partial charge on any atom is 0.573 e. The number of anilines is 1. The van der Waals surface area contributed by atoms with Crippen molar-refractivity contribution in [1.82, 2.24) is 20.8 Å². The van der Waals surface area contributed by atoms with Gasteiger partial charge < -0.3 is 15.0 Å². The topological polar surface area (TPSA) is 91.1 Å². The summed E-state index contributed by atoms with van der Waals surface area (Å²) in [6.07, 6.45) is -4.87. The molecule has 2 heterocycles. The highest BCUT2D eigenvalue weighted by Crippen LogP contribution is 2.33. The molecule has 0 spiro atoms. The van der Waals surface area contributed by atoms with Gasteiger partial charge in [0.15, 0.2) is 10.9 Å². The summed E-state index contributed by atoms with van der Waals surface area (Å²) < 4.78 is 42.0. The van der Waals surface area contributed by atoms with Gasteiger partial charge in [0.2, 0.25) is 0 Å². The number of fused-ring (bicyclic) bond motifs is 3. The number of pyridine rings is 1. The van der Waals surface area contributed by atoms with Gasteiger partial charge in [-0.15, -0.1) is 13.2 Å². The molecule has 0 saturated heterocycles. The number of para-hydroxylation sites is 3. The summed E-state index contributed by atoms with van der Waals surface area (Å²) in [6, 6.07) is 24.2. The third-order valence-corrected chi connectivity index (χ3v) is 5.63. The maximum atomic E-state index is 13.0. The van der Waals surface area contributed by atoms with E-state index >= 15 is 0 Å². The predicted octanol–water partition coefficient (Wildman–Crippen LogP) is 5.91. The average molecular weight is 522 g/mol. The Bertz CT molecular complexity index is 1620. The van der Waals surface area contributed by atoms with E-state index in [2.05, 4.69) is 30.9 Å². The van der Waals surface area contributed by atoms with Crippen LogP contribution in [0.1, 0.15) is 10.5 Å². The Hall–Kier alpha value is -4.64. The lowest BCUT2D eigenvalue weighted by Gasteiger charge is -2.16. The number of hydrogen-bond acceptors (Lipinski definition) is 4. The molecule has 11 heteroatoms. The van der Waals surface area contributed by atoms with Crippen LogP contribution in [0.2, 0.25) is 0 Å². The molecule has 0 saturated carbocycles. The van der Waals surface area contributed by atoms with Crippen molar-refractivity contribution in [2.24, 2.45) is 0 Å². The molecular weight excluding hydrogens is 503 g/mol. The number of nitrogens with one attached hydrogen (secondary N) is 4. The van der Waals surface area contributed by atoms with Crippen LogP contribution in [-0.2, 0) is 0 Å². The minimum absolute atomic E-state index is 0.0312. The van der Waals surface area contributed by atoms with Gasteiger partial charge in [-0.25, -0.2) is 4.98 Å². The van der Waals surface area contributed by atoms with E-state index in [0.717, 1.165) is 33.4 Å². The zero-order valence-electron chi connectivity index (χ0n) is 18.9. The number of amides is 1. The van der Waals surface area contributed by atoms with E-state index in [1.807, 2.05) is 54.6 Å². The van der Waals surface area contributed by atoms with Crippen molar-refractivity contribution in [3.63, 3.8) is 0 Å². The van der Waals surface area contributed by atoms with Gasteiger partial charge in [-0.05, 0) is 36.5 Å². The molecule has 186 valence electrons. The third kappa shape index (κ3) is 5.31. The number of rotatable bonds is 4. The van der Waals surface area contributed by atoms with Gasteiger partial charge in [0.1, 0.15) is 5.69 Å². The van der Waals surface area contributed by atoms with Crippen LogP contribution in [0.5, 0.6) is 5.75 Å². The fourth-order valence-corrected chi connectivity index (χ4v) is 4.04. The summed E-state index contributed by atoms with van der Waals surface area (Å²) in [5.41, 5.74) is 8.13. The third-order valence-electron chi connectivity index (χ3n) is 5.43. The molecule has 0 bridgehead atoms. The number of thiocarbonyl (C=S) groups is 1. The molecule has 2 aromatic heterocycles. The second kappa shape index (κ2) is 9.78. The second-order valence-electron chi connectivity index (χ2n) is 7.89. The second-order valence-corrected chi connectivity index (χ2v) is 8.30.